The molecule has 0 spiro atoms. The van der Waals surface area contributed by atoms with Crippen LogP contribution in [0, 0.1) is 0 Å². The van der Waals surface area contributed by atoms with Crippen LogP contribution in [0.1, 0.15) is 102 Å². The van der Waals surface area contributed by atoms with Crippen LogP contribution in [0.25, 0.3) is 0 Å². The molecule has 0 heterocycles. The van der Waals surface area contributed by atoms with Crippen LogP contribution in [-0.4, -0.2) is 14.4 Å². The summed E-state index contributed by atoms with van der Waals surface area (Å²) >= 11 is -4.34. The standard InChI is InChI=1S/C7H6.3C6H11.2ClH.HO3P.Ru/c1-7-5-3-2-4-6-7;3*1-2-4-6-5-3-1;;;1-4(2)3;/h1-6H;3*1H,2-6H2;2*1H;(H-,1,2,3);/q;;;;;;;-1/p+1. The van der Waals surface area contributed by atoms with Crippen molar-refractivity contribution in [3.8, 4) is 0 Å². The van der Waals surface area contributed by atoms with E-state index in [1.54, 1.807) is 0 Å². The molecule has 32 heavy (non-hydrogen) atoms. The molecular formula is C25H43Cl2O3PRu. The average molecular weight is 595 g/mol. The Morgan fingerprint density at radius 2 is 1.00 bits per heavy atom. The second-order valence-corrected chi connectivity index (χ2v) is 28.0. The number of hydrogen-bond acceptors (Lipinski definition) is 1. The summed E-state index contributed by atoms with van der Waals surface area (Å²) in [6.45, 7) is 0. The molecule has 0 aliphatic heterocycles. The first kappa shape index (κ1) is 28.7. The van der Waals surface area contributed by atoms with Crippen LogP contribution < -0.4 is 0 Å². The van der Waals surface area contributed by atoms with Gasteiger partial charge in [0.1, 0.15) is 0 Å². The Morgan fingerprint density at radius 3 is 1.31 bits per heavy atom. The Kier molecular flexibility index (Phi) is 10.7. The minimum atomic E-state index is -4.34. The minimum absolute atomic E-state index is 0. The average Bonchev–Trinajstić information content (AvgIpc) is 2.79. The van der Waals surface area contributed by atoms with Gasteiger partial charge in [0, 0.05) is 0 Å². The van der Waals surface area contributed by atoms with E-state index in [4.69, 9.17) is 0 Å². The van der Waals surface area contributed by atoms with Gasteiger partial charge < -0.3 is 0 Å². The Morgan fingerprint density at radius 1 is 0.656 bits per heavy atom. The van der Waals surface area contributed by atoms with Gasteiger partial charge in [-0.2, -0.15) is 0 Å². The fourth-order valence-corrected chi connectivity index (χ4v) is 35.1. The molecule has 0 bridgehead atoms. The molecule has 0 saturated heterocycles. The van der Waals surface area contributed by atoms with E-state index >= 15 is 0 Å². The molecule has 1 aromatic carbocycles. The van der Waals surface area contributed by atoms with E-state index in [9.17, 15) is 14.4 Å². The van der Waals surface area contributed by atoms with Gasteiger partial charge in [0.2, 0.25) is 0 Å². The third kappa shape index (κ3) is 4.76. The first-order chi connectivity index (χ1) is 14.5. The summed E-state index contributed by atoms with van der Waals surface area (Å²) in [6.07, 6.45) is 16.9. The Hall–Kier alpha value is 0.443. The summed E-state index contributed by atoms with van der Waals surface area (Å²) in [5.74, 6) is -4.29. The topological polar surface area (TPSA) is 57.5 Å². The molecule has 7 heteroatoms. The van der Waals surface area contributed by atoms with Crippen LogP contribution in [0.5, 0.6) is 0 Å². The van der Waals surface area contributed by atoms with Crippen molar-refractivity contribution in [3.63, 3.8) is 0 Å². The quantitative estimate of drug-likeness (QED) is 0.265. The van der Waals surface area contributed by atoms with E-state index in [0.29, 0.717) is 0 Å². The zero-order chi connectivity index (χ0) is 21.1. The summed E-state index contributed by atoms with van der Waals surface area (Å²) in [6, 6.07) is 10.4. The van der Waals surface area contributed by atoms with Crippen molar-refractivity contribution in [3.05, 3.63) is 35.9 Å². The van der Waals surface area contributed by atoms with Gasteiger partial charge in [0.15, 0.2) is 0 Å². The molecule has 4 rings (SSSR count). The predicted molar refractivity (Wildman–Crippen MR) is 139 cm³/mol. The van der Waals surface area contributed by atoms with E-state index in [0.717, 1.165) is 82.6 Å². The van der Waals surface area contributed by atoms with Crippen LogP contribution in [0.15, 0.2) is 30.3 Å². The van der Waals surface area contributed by atoms with Gasteiger partial charge in [-0.15, -0.1) is 24.8 Å². The van der Waals surface area contributed by atoms with Crippen LogP contribution in [0.3, 0.4) is 0 Å². The molecule has 3 saturated carbocycles. The van der Waals surface area contributed by atoms with Crippen molar-refractivity contribution >= 4 is 35.4 Å². The predicted octanol–water partition coefficient (Wildman–Crippen LogP) is 8.72. The van der Waals surface area contributed by atoms with Gasteiger partial charge >= 0.3 is 183 Å². The Balaban J connectivity index is 0.00000181. The van der Waals surface area contributed by atoms with E-state index < -0.39 is 18.6 Å². The second-order valence-electron chi connectivity index (χ2n) is 9.69. The van der Waals surface area contributed by atoms with Crippen LogP contribution in [0.4, 0.5) is 0 Å². The van der Waals surface area contributed by atoms with E-state index in [1.165, 1.54) is 19.3 Å². The van der Waals surface area contributed by atoms with Crippen molar-refractivity contribution in [1.82, 2.24) is 0 Å². The van der Waals surface area contributed by atoms with Gasteiger partial charge in [-0.05, 0) is 0 Å². The molecular weight excluding hydrogens is 551 g/mol. The Labute approximate surface area is 207 Å². The molecule has 0 radical (unpaired) electrons. The zero-order valence-corrected chi connectivity index (χ0v) is 23.5. The zero-order valence-electron chi connectivity index (χ0n) is 19.2. The summed E-state index contributed by atoms with van der Waals surface area (Å²) < 4.78 is 17.4. The van der Waals surface area contributed by atoms with Gasteiger partial charge in [-0.1, -0.05) is 0 Å². The SMILES string of the molecule is Cl.Cl.O=[P](O)(O)[Ru](=[CH]c1ccccc1)([CH]1CCCCC1)([CH]1CCCCC1)[CH]1CCCCC1. The van der Waals surface area contributed by atoms with Gasteiger partial charge in [0.25, 0.3) is 0 Å². The normalized spacial score (nSPS) is 23.2. The summed E-state index contributed by atoms with van der Waals surface area (Å²) in [5, 5.41) is 0. The van der Waals surface area contributed by atoms with Crippen LogP contribution in [0.2, 0.25) is 13.5 Å². The molecule has 0 atom stereocenters. The van der Waals surface area contributed by atoms with Crippen molar-refractivity contribution in [2.24, 2.45) is 0 Å². The fraction of sp³-hybridized carbons (Fsp3) is 0.720. The number of benzene rings is 1. The molecule has 3 fully saturated rings. The van der Waals surface area contributed by atoms with Crippen molar-refractivity contribution < 1.29 is 27.0 Å². The van der Waals surface area contributed by atoms with Crippen molar-refractivity contribution in [2.75, 3.05) is 0 Å². The number of rotatable bonds is 5. The second kappa shape index (κ2) is 11.9. The molecule has 3 nitrogen and oxygen atoms in total. The van der Waals surface area contributed by atoms with Crippen LogP contribution >= 0.6 is 30.7 Å². The van der Waals surface area contributed by atoms with E-state index in [1.807, 2.05) is 18.2 Å². The molecule has 2 N–H and O–H groups in total. The van der Waals surface area contributed by atoms with E-state index in [2.05, 4.69) is 16.7 Å². The third-order valence-electron chi connectivity index (χ3n) is 8.06. The first-order valence-electron chi connectivity index (χ1n) is 12.2. The molecule has 3 aliphatic carbocycles. The van der Waals surface area contributed by atoms with Crippen molar-refractivity contribution in [1.29, 1.82) is 0 Å². The first-order valence-corrected chi connectivity index (χ1v) is 20.0. The van der Waals surface area contributed by atoms with Crippen molar-refractivity contribution in [2.45, 2.75) is 110 Å². The number of halogens is 2. The van der Waals surface area contributed by atoms with Crippen LogP contribution in [-0.2, 0) is 17.2 Å². The monoisotopic (exact) mass is 594 g/mol. The third-order valence-corrected chi connectivity index (χ3v) is 35.1. The molecule has 188 valence electrons. The van der Waals surface area contributed by atoms with Gasteiger partial charge in [-0.25, -0.2) is 0 Å². The summed E-state index contributed by atoms with van der Waals surface area (Å²) in [5.41, 5.74) is 1.09. The number of hydrogen-bond donors (Lipinski definition) is 2. The molecule has 0 amide bonds. The molecule has 1 aromatic rings. The summed E-state index contributed by atoms with van der Waals surface area (Å²) in [4.78, 5) is 23.3. The van der Waals surface area contributed by atoms with Gasteiger partial charge in [-0.3, -0.25) is 0 Å². The maximum atomic E-state index is 14.2. The Bertz CT molecular complexity index is 766. The molecule has 0 aromatic heterocycles. The van der Waals surface area contributed by atoms with E-state index in [-0.39, 0.29) is 38.4 Å². The molecule has 0 unspecified atom stereocenters. The molecule has 3 aliphatic rings. The summed E-state index contributed by atoms with van der Waals surface area (Å²) in [7, 11) is 0. The fourth-order valence-electron chi connectivity index (χ4n) is 6.76. The van der Waals surface area contributed by atoms with Gasteiger partial charge in [0.05, 0.1) is 0 Å². The maximum absolute atomic E-state index is 14.2.